The molecular formula is C19H37ClN6S. The van der Waals surface area contributed by atoms with Gasteiger partial charge in [-0.05, 0) is 64.8 Å². The number of hydrogen-bond donors (Lipinski definition) is 5. The van der Waals surface area contributed by atoms with Crippen molar-refractivity contribution in [1.82, 2.24) is 30.9 Å². The summed E-state index contributed by atoms with van der Waals surface area (Å²) in [5.41, 5.74) is 0.0883. The first-order valence-corrected chi connectivity index (χ1v) is 12.1. The summed E-state index contributed by atoms with van der Waals surface area (Å²) in [6.07, 6.45) is 8.46. The lowest BCUT2D eigenvalue weighted by molar-refractivity contribution is 0.0332. The zero-order valence-electron chi connectivity index (χ0n) is 16.8. The fourth-order valence-corrected chi connectivity index (χ4v) is 6.66. The Morgan fingerprint density at radius 2 is 1.93 bits per heavy atom. The second kappa shape index (κ2) is 9.04. The van der Waals surface area contributed by atoms with E-state index in [1.54, 1.807) is 0 Å². The predicted octanol–water partition coefficient (Wildman–Crippen LogP) is 1.79. The predicted molar refractivity (Wildman–Crippen MR) is 114 cm³/mol. The lowest BCUT2D eigenvalue weighted by Gasteiger charge is -2.46. The van der Waals surface area contributed by atoms with Crippen LogP contribution < -0.4 is 26.0 Å². The van der Waals surface area contributed by atoms with E-state index in [1.165, 1.54) is 45.1 Å². The SMILES string of the molecule is CC1(C)C[C@@H]2CCCNC3CCCC(N3)SNCC3CNC(Cl)NC3N1C2. The summed E-state index contributed by atoms with van der Waals surface area (Å²) in [5, 5.41) is 15.1. The van der Waals surface area contributed by atoms with Gasteiger partial charge in [0.25, 0.3) is 0 Å². The van der Waals surface area contributed by atoms with E-state index in [-0.39, 0.29) is 11.2 Å². The zero-order valence-corrected chi connectivity index (χ0v) is 18.3. The molecule has 0 aliphatic carbocycles. The number of fused-ring (bicyclic) bond motifs is 6. The van der Waals surface area contributed by atoms with Crippen LogP contribution in [0, 0.1) is 11.8 Å². The Morgan fingerprint density at radius 3 is 2.81 bits per heavy atom. The van der Waals surface area contributed by atoms with Crippen molar-refractivity contribution in [3.63, 3.8) is 0 Å². The van der Waals surface area contributed by atoms with Crippen LogP contribution in [-0.2, 0) is 0 Å². The van der Waals surface area contributed by atoms with Gasteiger partial charge in [-0.2, -0.15) is 0 Å². The molecule has 4 fully saturated rings. The van der Waals surface area contributed by atoms with Gasteiger partial charge in [-0.3, -0.25) is 25.6 Å². The van der Waals surface area contributed by atoms with Gasteiger partial charge in [0.2, 0.25) is 0 Å². The zero-order chi connectivity index (χ0) is 18.9. The van der Waals surface area contributed by atoms with Gasteiger partial charge in [-0.25, -0.2) is 0 Å². The highest BCUT2D eigenvalue weighted by atomic mass is 35.5. The van der Waals surface area contributed by atoms with Crippen LogP contribution in [0.4, 0.5) is 0 Å². The number of rotatable bonds is 0. The van der Waals surface area contributed by atoms with Crippen molar-refractivity contribution in [2.75, 3.05) is 26.2 Å². The van der Waals surface area contributed by atoms with Crippen LogP contribution >= 0.6 is 23.5 Å². The molecule has 0 spiro atoms. The summed E-state index contributed by atoms with van der Waals surface area (Å²) in [6, 6.07) is 0. The van der Waals surface area contributed by atoms with E-state index in [1.807, 2.05) is 11.9 Å². The summed E-state index contributed by atoms with van der Waals surface area (Å²) < 4.78 is 3.69. The van der Waals surface area contributed by atoms with Crippen LogP contribution in [0.3, 0.4) is 0 Å². The molecule has 0 aromatic heterocycles. The molecule has 4 aliphatic rings. The Morgan fingerprint density at radius 1 is 1.04 bits per heavy atom. The molecule has 4 heterocycles. The van der Waals surface area contributed by atoms with Gasteiger partial charge < -0.3 is 5.32 Å². The molecule has 8 heteroatoms. The summed E-state index contributed by atoms with van der Waals surface area (Å²) >= 11 is 8.31. The molecule has 7 atom stereocenters. The van der Waals surface area contributed by atoms with Crippen LogP contribution in [0.5, 0.6) is 0 Å². The van der Waals surface area contributed by atoms with Crippen molar-refractivity contribution in [3.8, 4) is 0 Å². The van der Waals surface area contributed by atoms with Crippen molar-refractivity contribution < 1.29 is 0 Å². The topological polar surface area (TPSA) is 63.4 Å². The molecule has 0 aromatic carbocycles. The van der Waals surface area contributed by atoms with E-state index < -0.39 is 0 Å². The molecule has 5 N–H and O–H groups in total. The number of piperidine rings is 1. The maximum Gasteiger partial charge on any atom is 0.136 e. The minimum atomic E-state index is -0.138. The minimum Gasteiger partial charge on any atom is -0.302 e. The largest absolute Gasteiger partial charge is 0.302 e. The average Bonchev–Trinajstić information content (AvgIpc) is 2.94. The van der Waals surface area contributed by atoms with Gasteiger partial charge in [-0.1, -0.05) is 23.5 Å². The van der Waals surface area contributed by atoms with Gasteiger partial charge in [-0.15, -0.1) is 0 Å². The normalized spacial score (nSPS) is 46.1. The molecule has 0 saturated carbocycles. The Bertz CT molecular complexity index is 495. The summed E-state index contributed by atoms with van der Waals surface area (Å²) in [7, 11) is 0. The number of nitrogens with zero attached hydrogens (tertiary/aromatic N) is 1. The molecule has 4 saturated heterocycles. The second-order valence-corrected chi connectivity index (χ2v) is 10.9. The van der Waals surface area contributed by atoms with Crippen molar-refractivity contribution in [1.29, 1.82) is 0 Å². The Kier molecular flexibility index (Phi) is 6.92. The molecule has 6 nitrogen and oxygen atoms in total. The van der Waals surface area contributed by atoms with E-state index in [0.717, 1.165) is 25.6 Å². The number of nitrogens with one attached hydrogen (secondary N) is 5. The number of alkyl halides is 1. The molecule has 0 aromatic rings. The highest BCUT2D eigenvalue weighted by Crippen LogP contribution is 2.38. The first-order valence-electron chi connectivity index (χ1n) is 10.8. The van der Waals surface area contributed by atoms with Gasteiger partial charge >= 0.3 is 0 Å². The summed E-state index contributed by atoms with van der Waals surface area (Å²) in [6.45, 7) is 9.08. The fourth-order valence-electron chi connectivity index (χ4n) is 5.41. The molecule has 0 radical (unpaired) electrons. The van der Waals surface area contributed by atoms with Crippen molar-refractivity contribution in [2.24, 2.45) is 11.8 Å². The molecule has 4 rings (SSSR count). The molecule has 156 valence electrons. The van der Waals surface area contributed by atoms with Crippen LogP contribution in [0.1, 0.15) is 52.4 Å². The standard InChI is InChI=1S/C19H37ClN6S/c1-19(2)9-13-5-4-8-21-15-6-3-7-16(24-15)27-23-11-14-10-22-18(20)25-17(14)26(19)12-13/h13-18,21-25H,3-12H2,1-2H3/t13-,14?,15?,16?,17?,18?/m0/s1. The Balaban J connectivity index is 1.48. The lowest BCUT2D eigenvalue weighted by atomic mass is 9.92. The van der Waals surface area contributed by atoms with Gasteiger partial charge in [0.15, 0.2) is 0 Å². The molecular weight excluding hydrogens is 380 g/mol. The first kappa shape index (κ1) is 20.7. The highest BCUT2D eigenvalue weighted by Gasteiger charge is 2.45. The van der Waals surface area contributed by atoms with Crippen LogP contribution in [0.2, 0.25) is 0 Å². The Hall–Kier alpha value is 0.400. The highest BCUT2D eigenvalue weighted by molar-refractivity contribution is 7.98. The maximum absolute atomic E-state index is 6.44. The molecule has 4 bridgehead atoms. The second-order valence-electron chi connectivity index (χ2n) is 9.38. The van der Waals surface area contributed by atoms with Crippen molar-refractivity contribution in [2.45, 2.75) is 81.2 Å². The molecule has 4 aliphatic heterocycles. The third-order valence-electron chi connectivity index (χ3n) is 6.78. The third kappa shape index (κ3) is 5.12. The Labute approximate surface area is 173 Å². The van der Waals surface area contributed by atoms with E-state index in [4.69, 9.17) is 11.6 Å². The number of hydrogen-bond acceptors (Lipinski definition) is 7. The number of halogens is 1. The molecule has 0 amide bonds. The van der Waals surface area contributed by atoms with Crippen molar-refractivity contribution >= 4 is 23.5 Å². The summed E-state index contributed by atoms with van der Waals surface area (Å²) in [5.74, 6) is 1.29. The van der Waals surface area contributed by atoms with Gasteiger partial charge in [0.1, 0.15) is 5.62 Å². The van der Waals surface area contributed by atoms with Crippen LogP contribution in [0.15, 0.2) is 0 Å². The molecule has 6 unspecified atom stereocenters. The van der Waals surface area contributed by atoms with E-state index >= 15 is 0 Å². The van der Waals surface area contributed by atoms with E-state index in [2.05, 4.69) is 44.7 Å². The van der Waals surface area contributed by atoms with E-state index in [9.17, 15) is 0 Å². The summed E-state index contributed by atoms with van der Waals surface area (Å²) in [4.78, 5) is 2.70. The smallest absolute Gasteiger partial charge is 0.136 e. The van der Waals surface area contributed by atoms with E-state index in [0.29, 0.717) is 23.6 Å². The van der Waals surface area contributed by atoms with Gasteiger partial charge in [0.05, 0.1) is 17.7 Å². The third-order valence-corrected chi connectivity index (χ3v) is 8.05. The van der Waals surface area contributed by atoms with Gasteiger partial charge in [0, 0.05) is 31.1 Å². The first-order chi connectivity index (χ1) is 13.0. The molecule has 27 heavy (non-hydrogen) atoms. The fraction of sp³-hybridized carbons (Fsp3) is 1.00. The monoisotopic (exact) mass is 416 g/mol. The quantitative estimate of drug-likeness (QED) is 0.234. The minimum absolute atomic E-state index is 0.138. The van der Waals surface area contributed by atoms with Crippen molar-refractivity contribution in [3.05, 3.63) is 0 Å². The maximum atomic E-state index is 6.44. The average molecular weight is 417 g/mol. The lowest BCUT2D eigenvalue weighted by Crippen LogP contribution is -2.66. The van der Waals surface area contributed by atoms with Crippen LogP contribution in [0.25, 0.3) is 0 Å². The van der Waals surface area contributed by atoms with Crippen LogP contribution in [-0.4, -0.2) is 59.9 Å².